The third kappa shape index (κ3) is 5.34. The fourth-order valence-electron chi connectivity index (χ4n) is 1.86. The molecule has 134 valence electrons. The molecule has 0 amide bonds. The van der Waals surface area contributed by atoms with E-state index in [0.29, 0.717) is 16.5 Å². The average molecular weight is 359 g/mol. The Labute approximate surface area is 162 Å². The first-order valence-electron chi connectivity index (χ1n) is 12.7. The molecule has 0 fully saturated rings. The number of methoxy groups -OCH3 is 1. The van der Waals surface area contributed by atoms with Gasteiger partial charge in [-0.05, 0) is 48.1 Å². The maximum atomic E-state index is 13.0. The molecule has 1 atom stereocenters. The van der Waals surface area contributed by atoms with Crippen LogP contribution in [0.4, 0.5) is 0 Å². The van der Waals surface area contributed by atoms with E-state index < -0.39 is 55.2 Å². The van der Waals surface area contributed by atoms with Crippen LogP contribution in [0, 0.1) is 10.1 Å². The van der Waals surface area contributed by atoms with E-state index in [-0.39, 0.29) is 0 Å². The molecule has 0 spiro atoms. The van der Waals surface area contributed by atoms with Crippen LogP contribution >= 0.6 is 0 Å². The van der Waals surface area contributed by atoms with E-state index in [1.807, 2.05) is 0 Å². The Hall–Kier alpha value is -2.83. The summed E-state index contributed by atoms with van der Waals surface area (Å²) in [6, 6.07) is 8.16. The van der Waals surface area contributed by atoms with Crippen LogP contribution in [0.1, 0.15) is 47.5 Å². The van der Waals surface area contributed by atoms with Crippen LogP contribution in [0.5, 0.6) is 5.75 Å². The summed E-state index contributed by atoms with van der Waals surface area (Å²) in [6.45, 7) is -11.8. The molecule has 2 rings (SSSR count). The molecule has 2 aromatic rings. The summed E-state index contributed by atoms with van der Waals surface area (Å²) in [5.74, 6) is -5.05. The standard InChI is InChI=1S/C18H21NO6/c1-13(18(20)24-9-3-4-10-25-19(21)22)14-5-6-16-12-17(23-2)8-7-15(16)11-14/h5-8,11-13H,3-4,9-10H2,1-2H3/t13-/m0/s1/i1D3,3D2,4D2,9D2,10D2,13D. The molecular formula is C18H21NO6. The van der Waals surface area contributed by atoms with Gasteiger partial charge in [-0.15, -0.1) is 10.1 Å². The molecule has 2 aromatic carbocycles. The minimum Gasteiger partial charge on any atom is -0.497 e. The Morgan fingerprint density at radius 2 is 2.00 bits per heavy atom. The molecule has 0 saturated carbocycles. The van der Waals surface area contributed by atoms with Crippen LogP contribution in [0.15, 0.2) is 36.4 Å². The van der Waals surface area contributed by atoms with Crippen molar-refractivity contribution in [1.29, 1.82) is 0 Å². The highest BCUT2D eigenvalue weighted by Gasteiger charge is 2.17. The van der Waals surface area contributed by atoms with Gasteiger partial charge in [0.15, 0.2) is 0 Å². The third-order valence-corrected chi connectivity index (χ3v) is 2.97. The molecule has 0 N–H and O–H groups in total. The van der Waals surface area contributed by atoms with Crippen molar-refractivity contribution in [2.45, 2.75) is 25.5 Å². The zero-order valence-corrected chi connectivity index (χ0v) is 12.9. The number of esters is 1. The summed E-state index contributed by atoms with van der Waals surface area (Å²) in [5, 5.41) is 9.63. The van der Waals surface area contributed by atoms with Gasteiger partial charge < -0.3 is 14.3 Å². The monoisotopic (exact) mass is 359 g/mol. The highest BCUT2D eigenvalue weighted by molar-refractivity contribution is 5.86. The molecular weight excluding hydrogens is 326 g/mol. The van der Waals surface area contributed by atoms with Crippen LogP contribution < -0.4 is 4.74 Å². The second-order valence-corrected chi connectivity index (χ2v) is 4.46. The summed E-state index contributed by atoms with van der Waals surface area (Å²) in [4.78, 5) is 27.1. The predicted molar refractivity (Wildman–Crippen MR) is 92.1 cm³/mol. The highest BCUT2D eigenvalue weighted by Crippen LogP contribution is 2.25. The Kier molecular flexibility index (Phi) is 2.85. The second-order valence-electron chi connectivity index (χ2n) is 4.46. The van der Waals surface area contributed by atoms with Crippen LogP contribution in [0.2, 0.25) is 0 Å². The van der Waals surface area contributed by atoms with Gasteiger partial charge in [0.1, 0.15) is 5.75 Å². The summed E-state index contributed by atoms with van der Waals surface area (Å²) in [5.41, 5.74) is -0.499. The number of rotatable bonds is 9. The van der Waals surface area contributed by atoms with Gasteiger partial charge in [-0.3, -0.25) is 4.79 Å². The molecule has 0 aromatic heterocycles. The molecule has 0 radical (unpaired) electrons. The Morgan fingerprint density at radius 1 is 1.28 bits per heavy atom. The van der Waals surface area contributed by atoms with Gasteiger partial charge in [0.2, 0.25) is 0 Å². The molecule has 7 nitrogen and oxygen atoms in total. The van der Waals surface area contributed by atoms with E-state index in [9.17, 15) is 14.9 Å². The van der Waals surface area contributed by atoms with Crippen molar-refractivity contribution in [2.75, 3.05) is 20.2 Å². The number of benzene rings is 2. The average Bonchev–Trinajstić information content (AvgIpc) is 2.75. The molecule has 0 heterocycles. The number of nitrogens with zero attached hydrogens (tertiary/aromatic N) is 1. The van der Waals surface area contributed by atoms with Crippen molar-refractivity contribution < 1.29 is 40.6 Å². The number of carbonyl (C=O) groups is 1. The quantitative estimate of drug-likeness (QED) is 0.387. The van der Waals surface area contributed by atoms with Crippen molar-refractivity contribution in [3.8, 4) is 5.75 Å². The third-order valence-electron chi connectivity index (χ3n) is 2.97. The van der Waals surface area contributed by atoms with Crippen molar-refractivity contribution in [3.05, 3.63) is 52.1 Å². The van der Waals surface area contributed by atoms with Crippen molar-refractivity contribution >= 4 is 16.7 Å². The summed E-state index contributed by atoms with van der Waals surface area (Å²) in [6.07, 6.45) is -8.38. The van der Waals surface area contributed by atoms with Gasteiger partial charge in [-0.25, -0.2) is 0 Å². The molecule has 0 aliphatic heterocycles. The topological polar surface area (TPSA) is 87.9 Å². The first kappa shape index (κ1) is 8.03. The van der Waals surface area contributed by atoms with E-state index in [0.717, 1.165) is 12.1 Å². The van der Waals surface area contributed by atoms with Crippen LogP contribution in [-0.2, 0) is 14.4 Å². The lowest BCUT2D eigenvalue weighted by atomic mass is 9.98. The molecule has 0 aliphatic rings. The smallest absolute Gasteiger partial charge is 0.313 e. The van der Waals surface area contributed by atoms with E-state index in [1.165, 1.54) is 25.3 Å². The number of ether oxygens (including phenoxy) is 2. The maximum Gasteiger partial charge on any atom is 0.313 e. The van der Waals surface area contributed by atoms with Crippen molar-refractivity contribution in [3.63, 3.8) is 0 Å². The number of carbonyl (C=O) groups excluding carboxylic acids is 1. The lowest BCUT2D eigenvalue weighted by molar-refractivity contribution is -0.757. The Bertz CT molecular complexity index is 1200. The van der Waals surface area contributed by atoms with Gasteiger partial charge in [0.05, 0.1) is 31.6 Å². The molecule has 25 heavy (non-hydrogen) atoms. The van der Waals surface area contributed by atoms with E-state index >= 15 is 0 Å². The van der Waals surface area contributed by atoms with Crippen LogP contribution in [0.3, 0.4) is 0 Å². The molecule has 0 aliphatic carbocycles. The zero-order chi connectivity index (χ0) is 28.8. The highest BCUT2D eigenvalue weighted by atomic mass is 16.9. The minimum atomic E-state index is -4.20. The van der Waals surface area contributed by atoms with Crippen LogP contribution in [-0.4, -0.2) is 31.3 Å². The van der Waals surface area contributed by atoms with E-state index in [2.05, 4.69) is 9.57 Å². The molecule has 0 unspecified atom stereocenters. The van der Waals surface area contributed by atoms with E-state index in [4.69, 9.17) is 21.2 Å². The fraction of sp³-hybridized carbons (Fsp3) is 0.389. The first-order valence-corrected chi connectivity index (χ1v) is 6.70. The molecule has 7 heteroatoms. The molecule has 0 bridgehead atoms. The van der Waals surface area contributed by atoms with Crippen LogP contribution in [0.25, 0.3) is 10.8 Å². The summed E-state index contributed by atoms with van der Waals surface area (Å²) >= 11 is 0. The Morgan fingerprint density at radius 3 is 2.72 bits per heavy atom. The van der Waals surface area contributed by atoms with Gasteiger partial charge in [0, 0.05) is 11.0 Å². The fourth-order valence-corrected chi connectivity index (χ4v) is 1.86. The van der Waals surface area contributed by atoms with Crippen molar-refractivity contribution in [2.24, 2.45) is 0 Å². The SMILES string of the molecule is [2H]C([2H])(OC(=O)[C@]([2H])(c1ccc2cc(OC)ccc2c1)C([2H])([2H])[2H])C([2H])([2H])C([2H])([2H])C([2H])([2H])O[N+](=O)[O-]. The maximum absolute atomic E-state index is 13.0. The zero-order valence-electron chi connectivity index (χ0n) is 24.9. The second kappa shape index (κ2) is 8.86. The lowest BCUT2D eigenvalue weighted by Crippen LogP contribution is -2.14. The number of fused-ring (bicyclic) bond motifs is 1. The van der Waals surface area contributed by atoms with Gasteiger partial charge >= 0.3 is 5.97 Å². The summed E-state index contributed by atoms with van der Waals surface area (Å²) < 4.78 is 103. The van der Waals surface area contributed by atoms with Gasteiger partial charge in [-0.1, -0.05) is 24.3 Å². The van der Waals surface area contributed by atoms with Gasteiger partial charge in [0.25, 0.3) is 5.09 Å². The number of hydrogen-bond donors (Lipinski definition) is 0. The first-order chi connectivity index (χ1) is 16.5. The van der Waals surface area contributed by atoms with Gasteiger partial charge in [-0.2, -0.15) is 0 Å². The predicted octanol–water partition coefficient (Wildman–Crippen LogP) is 3.48. The summed E-state index contributed by atoms with van der Waals surface area (Å²) in [7, 11) is 1.42. The van der Waals surface area contributed by atoms with Crippen molar-refractivity contribution in [1.82, 2.24) is 0 Å². The largest absolute Gasteiger partial charge is 0.497 e. The lowest BCUT2D eigenvalue weighted by Gasteiger charge is -2.13. The Balaban J connectivity index is 2.56. The minimum absolute atomic E-state index is 0.353. The van der Waals surface area contributed by atoms with E-state index in [1.54, 1.807) is 6.07 Å². The molecule has 0 saturated heterocycles. The normalized spacial score (nSPS) is 22.9. The number of hydrogen-bond acceptors (Lipinski definition) is 6.